The van der Waals surface area contributed by atoms with Gasteiger partial charge in [-0.25, -0.2) is 4.79 Å². The summed E-state index contributed by atoms with van der Waals surface area (Å²) < 4.78 is 5.35. The smallest absolute Gasteiger partial charge is 0.327 e. The number of allylic oxidation sites excluding steroid dienone is 1. The first-order valence-corrected chi connectivity index (χ1v) is 5.74. The number of hydrogen-bond donors (Lipinski definition) is 4. The third-order valence-electron chi connectivity index (χ3n) is 2.89. The summed E-state index contributed by atoms with van der Waals surface area (Å²) in [5.74, 6) is -0.665. The van der Waals surface area contributed by atoms with Gasteiger partial charge in [0.1, 0.15) is 12.3 Å². The van der Waals surface area contributed by atoms with Crippen molar-refractivity contribution in [3.05, 3.63) is 24.0 Å². The third-order valence-corrected chi connectivity index (χ3v) is 2.89. The lowest BCUT2D eigenvalue weighted by Crippen LogP contribution is -2.45. The highest BCUT2D eigenvalue weighted by Gasteiger charge is 2.38. The molecular weight excluding hydrogens is 254 g/mol. The molecule has 5 N–H and O–H groups in total. The Labute approximate surface area is 109 Å². The predicted molar refractivity (Wildman–Crippen MR) is 63.2 cm³/mol. The highest BCUT2D eigenvalue weighted by Crippen LogP contribution is 2.24. The standard InChI is InChI=1S/C11H15N3O5/c12-9(17)3-6-1-2-14(11(18)13-6)10-4-7(16)8(5-15)19-10/h1-3,7-8,10,15-16H,4-5H2,(H2,12,17)(H,13,18)/b6-3-/t7-,8+,10+/m0/s1. The van der Waals surface area contributed by atoms with Crippen LogP contribution in [0.5, 0.6) is 0 Å². The lowest BCUT2D eigenvalue weighted by Gasteiger charge is -2.28. The van der Waals surface area contributed by atoms with Crippen molar-refractivity contribution in [2.75, 3.05) is 6.61 Å². The molecule has 0 spiro atoms. The molecule has 8 nitrogen and oxygen atoms in total. The van der Waals surface area contributed by atoms with Crippen LogP contribution in [0.15, 0.2) is 24.0 Å². The molecular formula is C11H15N3O5. The number of amides is 3. The Hall–Kier alpha value is -1.90. The van der Waals surface area contributed by atoms with Gasteiger partial charge in [-0.15, -0.1) is 0 Å². The number of hydrogen-bond acceptors (Lipinski definition) is 5. The zero-order valence-electron chi connectivity index (χ0n) is 10.0. The molecule has 19 heavy (non-hydrogen) atoms. The van der Waals surface area contributed by atoms with Crippen molar-refractivity contribution in [3.8, 4) is 0 Å². The van der Waals surface area contributed by atoms with Crippen LogP contribution < -0.4 is 11.1 Å². The molecule has 0 aliphatic carbocycles. The van der Waals surface area contributed by atoms with E-state index in [1.54, 1.807) is 0 Å². The number of rotatable bonds is 3. The second-order valence-corrected chi connectivity index (χ2v) is 4.27. The topological polar surface area (TPSA) is 125 Å². The first-order chi connectivity index (χ1) is 9.01. The number of nitrogens with one attached hydrogen (secondary N) is 1. The molecule has 0 aromatic carbocycles. The first-order valence-electron chi connectivity index (χ1n) is 5.74. The van der Waals surface area contributed by atoms with Crippen molar-refractivity contribution in [2.24, 2.45) is 5.73 Å². The van der Waals surface area contributed by atoms with Gasteiger partial charge >= 0.3 is 6.03 Å². The van der Waals surface area contributed by atoms with E-state index >= 15 is 0 Å². The van der Waals surface area contributed by atoms with Gasteiger partial charge in [0.2, 0.25) is 5.91 Å². The van der Waals surface area contributed by atoms with Gasteiger partial charge in [-0.1, -0.05) is 0 Å². The minimum atomic E-state index is -0.821. The second kappa shape index (κ2) is 5.39. The number of aliphatic hydroxyl groups is 2. The molecule has 3 atom stereocenters. The molecule has 104 valence electrons. The number of nitrogens with two attached hydrogens (primary N) is 1. The molecule has 8 heteroatoms. The Bertz CT molecular complexity index is 448. The predicted octanol–water partition coefficient (Wildman–Crippen LogP) is -1.64. The molecule has 2 aliphatic rings. The Balaban J connectivity index is 2.07. The minimum absolute atomic E-state index is 0.206. The average Bonchev–Trinajstić information content (AvgIpc) is 2.69. The zero-order chi connectivity index (χ0) is 14.0. The van der Waals surface area contributed by atoms with Crippen LogP contribution in [-0.4, -0.2) is 52.1 Å². The number of carbonyl (C=O) groups excluding carboxylic acids is 2. The van der Waals surface area contributed by atoms with E-state index in [1.807, 2.05) is 0 Å². The Morgan fingerprint density at radius 1 is 1.68 bits per heavy atom. The van der Waals surface area contributed by atoms with E-state index in [9.17, 15) is 14.7 Å². The van der Waals surface area contributed by atoms with E-state index in [2.05, 4.69) is 5.32 Å². The van der Waals surface area contributed by atoms with Crippen LogP contribution in [0.25, 0.3) is 0 Å². The lowest BCUT2D eigenvalue weighted by atomic mass is 10.2. The summed E-state index contributed by atoms with van der Waals surface area (Å²) in [7, 11) is 0. The van der Waals surface area contributed by atoms with Gasteiger partial charge in [0.05, 0.1) is 12.7 Å². The summed E-state index contributed by atoms with van der Waals surface area (Å²) in [5, 5.41) is 21.0. The fourth-order valence-corrected chi connectivity index (χ4v) is 1.97. The number of aliphatic hydroxyl groups excluding tert-OH is 2. The van der Waals surface area contributed by atoms with E-state index in [0.717, 1.165) is 6.08 Å². The van der Waals surface area contributed by atoms with Gasteiger partial charge in [-0.3, -0.25) is 9.69 Å². The van der Waals surface area contributed by atoms with E-state index in [0.29, 0.717) is 0 Å². The van der Waals surface area contributed by atoms with Gasteiger partial charge < -0.3 is 26.0 Å². The van der Waals surface area contributed by atoms with Crippen molar-refractivity contribution in [1.82, 2.24) is 10.2 Å². The number of carbonyl (C=O) groups is 2. The molecule has 2 rings (SSSR count). The van der Waals surface area contributed by atoms with Crippen LogP contribution in [0.3, 0.4) is 0 Å². The van der Waals surface area contributed by atoms with Crippen molar-refractivity contribution >= 4 is 11.9 Å². The van der Waals surface area contributed by atoms with Crippen LogP contribution >= 0.6 is 0 Å². The van der Waals surface area contributed by atoms with Crippen molar-refractivity contribution in [1.29, 1.82) is 0 Å². The molecule has 3 amide bonds. The SMILES string of the molecule is NC(=O)/C=C1/C=CN([C@H]2C[C@H](O)[C@@H](CO)O2)C(=O)N1. The fourth-order valence-electron chi connectivity index (χ4n) is 1.97. The average molecular weight is 269 g/mol. The van der Waals surface area contributed by atoms with Gasteiger partial charge in [0.25, 0.3) is 0 Å². The zero-order valence-corrected chi connectivity index (χ0v) is 10.0. The fraction of sp³-hybridized carbons (Fsp3) is 0.455. The van der Waals surface area contributed by atoms with Crippen LogP contribution in [0.2, 0.25) is 0 Å². The van der Waals surface area contributed by atoms with E-state index in [1.165, 1.54) is 17.2 Å². The summed E-state index contributed by atoms with van der Waals surface area (Å²) in [6.45, 7) is -0.316. The Morgan fingerprint density at radius 3 is 2.95 bits per heavy atom. The Kier molecular flexibility index (Phi) is 3.84. The summed E-state index contributed by atoms with van der Waals surface area (Å²) >= 11 is 0. The monoisotopic (exact) mass is 269 g/mol. The van der Waals surface area contributed by atoms with E-state index < -0.39 is 30.4 Å². The number of urea groups is 1. The maximum absolute atomic E-state index is 11.8. The summed E-state index contributed by atoms with van der Waals surface area (Å²) in [6, 6.07) is -0.495. The maximum atomic E-state index is 11.8. The van der Waals surface area contributed by atoms with Gasteiger partial charge in [0.15, 0.2) is 0 Å². The van der Waals surface area contributed by atoms with E-state index in [4.69, 9.17) is 15.6 Å². The summed E-state index contributed by atoms with van der Waals surface area (Å²) in [6.07, 6.45) is 2.05. The highest BCUT2D eigenvalue weighted by atomic mass is 16.5. The molecule has 0 unspecified atom stereocenters. The largest absolute Gasteiger partial charge is 0.394 e. The molecule has 2 heterocycles. The van der Waals surface area contributed by atoms with Gasteiger partial charge in [-0.2, -0.15) is 0 Å². The van der Waals surface area contributed by atoms with Crippen molar-refractivity contribution in [2.45, 2.75) is 24.9 Å². The molecule has 0 radical (unpaired) electrons. The first kappa shape index (κ1) is 13.5. The second-order valence-electron chi connectivity index (χ2n) is 4.27. The highest BCUT2D eigenvalue weighted by molar-refractivity contribution is 5.89. The maximum Gasteiger partial charge on any atom is 0.327 e. The lowest BCUT2D eigenvalue weighted by molar-refractivity contribution is -0.113. The number of ether oxygens (including phenoxy) is 1. The third kappa shape index (κ3) is 2.92. The molecule has 1 saturated heterocycles. The Morgan fingerprint density at radius 2 is 2.42 bits per heavy atom. The van der Waals surface area contributed by atoms with Crippen LogP contribution in [0.4, 0.5) is 4.79 Å². The molecule has 0 aromatic heterocycles. The summed E-state index contributed by atoms with van der Waals surface area (Å²) in [4.78, 5) is 23.8. The van der Waals surface area contributed by atoms with Crippen LogP contribution in [0, 0.1) is 0 Å². The molecule has 2 aliphatic heterocycles. The van der Waals surface area contributed by atoms with Crippen LogP contribution in [0.1, 0.15) is 6.42 Å². The van der Waals surface area contributed by atoms with Gasteiger partial charge in [-0.05, 0) is 6.08 Å². The normalized spacial score (nSPS) is 32.7. The van der Waals surface area contributed by atoms with Crippen LogP contribution in [-0.2, 0) is 9.53 Å². The number of nitrogens with zero attached hydrogens (tertiary/aromatic N) is 1. The number of primary amides is 1. The minimum Gasteiger partial charge on any atom is -0.394 e. The summed E-state index contributed by atoms with van der Waals surface area (Å²) in [5.41, 5.74) is 5.26. The van der Waals surface area contributed by atoms with Crippen molar-refractivity contribution < 1.29 is 24.5 Å². The van der Waals surface area contributed by atoms with Gasteiger partial charge in [0, 0.05) is 24.4 Å². The van der Waals surface area contributed by atoms with Crippen molar-refractivity contribution in [3.63, 3.8) is 0 Å². The molecule has 0 saturated carbocycles. The van der Waals surface area contributed by atoms with E-state index in [-0.39, 0.29) is 18.7 Å². The quantitative estimate of drug-likeness (QED) is 0.457. The molecule has 0 aromatic rings. The molecule has 0 bridgehead atoms. The molecule has 1 fully saturated rings.